The van der Waals surface area contributed by atoms with Gasteiger partial charge in [-0.05, 0) is 23.6 Å². The summed E-state index contributed by atoms with van der Waals surface area (Å²) in [7, 11) is 0. The van der Waals surface area contributed by atoms with Crippen LogP contribution in [0.4, 0.5) is 18.3 Å². The van der Waals surface area contributed by atoms with Crippen LogP contribution in [-0.2, 0) is 24.7 Å². The van der Waals surface area contributed by atoms with Crippen molar-refractivity contribution in [2.24, 2.45) is 5.16 Å². The van der Waals surface area contributed by atoms with Crippen molar-refractivity contribution in [2.75, 3.05) is 25.1 Å². The Morgan fingerprint density at radius 2 is 1.40 bits per heavy atom. The van der Waals surface area contributed by atoms with E-state index in [9.17, 15) is 22.8 Å². The quantitative estimate of drug-likeness (QED) is 0.0968. The summed E-state index contributed by atoms with van der Waals surface area (Å²) < 4.78 is 42.2. The molecule has 0 spiro atoms. The van der Waals surface area contributed by atoms with Gasteiger partial charge in [-0.15, -0.1) is 11.3 Å². The zero-order chi connectivity index (χ0) is 30.0. The Bertz CT molecular complexity index is 1400. The highest BCUT2D eigenvalue weighted by Crippen LogP contribution is 2.40. The topological polar surface area (TPSA) is 102 Å². The number of nitrogens with one attached hydrogen (secondary N) is 2. The third-order valence-corrected chi connectivity index (χ3v) is 6.73. The van der Waals surface area contributed by atoms with E-state index >= 15 is 0 Å². The van der Waals surface area contributed by atoms with Crippen LogP contribution in [0.5, 0.6) is 0 Å². The first-order chi connectivity index (χ1) is 20.2. The van der Waals surface area contributed by atoms with Crippen molar-refractivity contribution in [1.82, 2.24) is 10.3 Å². The number of hydrogen-bond donors (Lipinski definition) is 2. The number of thiazole rings is 1. The molecule has 1 amide bonds. The van der Waals surface area contributed by atoms with Crippen molar-refractivity contribution in [1.29, 1.82) is 0 Å². The van der Waals surface area contributed by atoms with E-state index in [0.29, 0.717) is 5.13 Å². The monoisotopic (exact) mass is 596 g/mol. The fourth-order valence-electron chi connectivity index (χ4n) is 4.17. The van der Waals surface area contributed by atoms with Gasteiger partial charge in [0, 0.05) is 5.38 Å². The molecule has 0 saturated heterocycles. The first kappa shape index (κ1) is 30.3. The summed E-state index contributed by atoms with van der Waals surface area (Å²) >= 11 is 1.20. The van der Waals surface area contributed by atoms with Crippen molar-refractivity contribution in [3.05, 3.63) is 119 Å². The highest BCUT2D eigenvalue weighted by Gasteiger charge is 2.37. The molecule has 0 aliphatic heterocycles. The van der Waals surface area contributed by atoms with Gasteiger partial charge in [0.15, 0.2) is 11.7 Å². The minimum atomic E-state index is -4.58. The maximum Gasteiger partial charge on any atom is 0.405 e. The van der Waals surface area contributed by atoms with Gasteiger partial charge in [-0.25, -0.2) is 9.78 Å². The highest BCUT2D eigenvalue weighted by molar-refractivity contribution is 7.14. The summed E-state index contributed by atoms with van der Waals surface area (Å²) in [6, 6.07) is 29.5. The number of rotatable bonds is 12. The summed E-state index contributed by atoms with van der Waals surface area (Å²) in [5.41, 5.74) is 1.69. The van der Waals surface area contributed by atoms with E-state index in [0.717, 1.165) is 16.7 Å². The number of nitrogens with zero attached hydrogens (tertiary/aromatic N) is 2. The Hall–Kier alpha value is -4.71. The van der Waals surface area contributed by atoms with E-state index in [-0.39, 0.29) is 18.0 Å². The van der Waals surface area contributed by atoms with Gasteiger partial charge in [-0.3, -0.25) is 4.79 Å². The van der Waals surface area contributed by atoms with E-state index in [1.54, 1.807) is 17.6 Å². The van der Waals surface area contributed by atoms with Gasteiger partial charge >= 0.3 is 12.1 Å². The van der Waals surface area contributed by atoms with E-state index in [2.05, 4.69) is 15.5 Å². The normalized spacial score (nSPS) is 12.0. The number of hydrogen-bond acceptors (Lipinski definition) is 8. The van der Waals surface area contributed by atoms with Crippen LogP contribution in [0.25, 0.3) is 0 Å². The van der Waals surface area contributed by atoms with Crippen LogP contribution < -0.4 is 10.6 Å². The van der Waals surface area contributed by atoms with Gasteiger partial charge in [0.25, 0.3) is 5.91 Å². The lowest BCUT2D eigenvalue weighted by molar-refractivity contribution is -0.141. The fourth-order valence-corrected chi connectivity index (χ4v) is 4.93. The second-order valence-corrected chi connectivity index (χ2v) is 9.69. The molecule has 218 valence electrons. The molecule has 1 aromatic heterocycles. The third-order valence-electron chi connectivity index (χ3n) is 5.97. The molecule has 42 heavy (non-hydrogen) atoms. The van der Waals surface area contributed by atoms with Gasteiger partial charge in [0.2, 0.25) is 5.71 Å². The third kappa shape index (κ3) is 7.52. The van der Waals surface area contributed by atoms with Crippen LogP contribution in [-0.4, -0.2) is 48.5 Å². The van der Waals surface area contributed by atoms with Crippen LogP contribution in [0, 0.1) is 0 Å². The molecule has 0 aliphatic rings. The molecule has 0 bridgehead atoms. The van der Waals surface area contributed by atoms with Gasteiger partial charge in [-0.2, -0.15) is 13.2 Å². The SMILES string of the molecule is CCOC(=O)/C(=N\OCC(=O)NCC(F)(F)F)c1csc(NC(c2ccccc2)(c2ccccc2)c2ccccc2)n1. The summed E-state index contributed by atoms with van der Waals surface area (Å²) in [5.74, 6) is -1.93. The number of carbonyl (C=O) groups is 2. The largest absolute Gasteiger partial charge is 0.461 e. The average molecular weight is 597 g/mol. The molecule has 2 N–H and O–H groups in total. The number of amides is 1. The Labute approximate surface area is 244 Å². The lowest BCUT2D eigenvalue weighted by atomic mass is 9.77. The Morgan fingerprint density at radius 3 is 1.88 bits per heavy atom. The molecular formula is C30H27F3N4O4S. The highest BCUT2D eigenvalue weighted by atomic mass is 32.1. The van der Waals surface area contributed by atoms with Crippen molar-refractivity contribution in [3.63, 3.8) is 0 Å². The molecule has 0 saturated carbocycles. The van der Waals surface area contributed by atoms with E-state index in [1.165, 1.54) is 11.3 Å². The summed E-state index contributed by atoms with van der Waals surface area (Å²) in [6.45, 7) is -0.731. The second kappa shape index (κ2) is 13.8. The first-order valence-electron chi connectivity index (χ1n) is 12.8. The van der Waals surface area contributed by atoms with Crippen LogP contribution >= 0.6 is 11.3 Å². The zero-order valence-electron chi connectivity index (χ0n) is 22.4. The van der Waals surface area contributed by atoms with Crippen LogP contribution in [0.1, 0.15) is 29.3 Å². The van der Waals surface area contributed by atoms with E-state index < -0.39 is 36.7 Å². The predicted octanol–water partition coefficient (Wildman–Crippen LogP) is 5.51. The van der Waals surface area contributed by atoms with Crippen molar-refractivity contribution in [2.45, 2.75) is 18.6 Å². The maximum absolute atomic E-state index is 12.7. The van der Waals surface area contributed by atoms with Crippen molar-refractivity contribution < 1.29 is 32.3 Å². The first-order valence-corrected chi connectivity index (χ1v) is 13.7. The zero-order valence-corrected chi connectivity index (χ0v) is 23.2. The molecule has 12 heteroatoms. The Balaban J connectivity index is 1.69. The van der Waals surface area contributed by atoms with Crippen LogP contribution in [0.15, 0.2) is 102 Å². The number of halogens is 3. The average Bonchev–Trinajstić information content (AvgIpc) is 3.46. The minimum absolute atomic E-state index is 0.0261. The van der Waals surface area contributed by atoms with Crippen LogP contribution in [0.3, 0.4) is 0 Å². The molecule has 0 unspecified atom stereocenters. The molecule has 0 atom stereocenters. The molecule has 0 radical (unpaired) electrons. The number of ether oxygens (including phenoxy) is 1. The number of anilines is 1. The molecule has 0 aliphatic carbocycles. The Morgan fingerprint density at radius 1 is 0.881 bits per heavy atom. The van der Waals surface area contributed by atoms with Gasteiger partial charge in [0.1, 0.15) is 17.8 Å². The molecule has 4 aromatic rings. The predicted molar refractivity (Wildman–Crippen MR) is 153 cm³/mol. The number of oxime groups is 1. The van der Waals surface area contributed by atoms with Crippen LogP contribution in [0.2, 0.25) is 0 Å². The fraction of sp³-hybridized carbons (Fsp3) is 0.200. The van der Waals surface area contributed by atoms with Gasteiger partial charge in [0.05, 0.1) is 6.61 Å². The molecular weight excluding hydrogens is 569 g/mol. The lowest BCUT2D eigenvalue weighted by Gasteiger charge is -2.36. The number of esters is 1. The number of benzene rings is 3. The second-order valence-electron chi connectivity index (χ2n) is 8.84. The van der Waals surface area contributed by atoms with E-state index in [1.807, 2.05) is 91.0 Å². The molecule has 1 heterocycles. The minimum Gasteiger partial charge on any atom is -0.461 e. The van der Waals surface area contributed by atoms with E-state index in [4.69, 9.17) is 9.57 Å². The van der Waals surface area contributed by atoms with Crippen molar-refractivity contribution in [3.8, 4) is 0 Å². The summed E-state index contributed by atoms with van der Waals surface area (Å²) in [4.78, 5) is 33.9. The van der Waals surface area contributed by atoms with Gasteiger partial charge < -0.3 is 20.2 Å². The molecule has 4 rings (SSSR count). The number of carbonyl (C=O) groups excluding carboxylic acids is 2. The van der Waals surface area contributed by atoms with Gasteiger partial charge in [-0.1, -0.05) is 96.2 Å². The lowest BCUT2D eigenvalue weighted by Crippen LogP contribution is -2.38. The standard InChI is InChI=1S/C30H27F3N4O4S/c1-2-40-27(39)26(37-41-18-25(38)34-20-29(31,32)33)24-19-42-28(35-24)36-30(21-12-6-3-7-13-21,22-14-8-4-9-15-22)23-16-10-5-11-17-23/h3-17,19H,2,18,20H2,1H3,(H,34,38)(H,35,36)/b37-26-. The Kier molecular flexibility index (Phi) is 9.92. The number of alkyl halides is 3. The summed E-state index contributed by atoms with van der Waals surface area (Å²) in [6.07, 6.45) is -4.58. The van der Waals surface area contributed by atoms with Crippen molar-refractivity contribution >= 4 is 34.1 Å². The number of aromatic nitrogens is 1. The molecule has 3 aromatic carbocycles. The maximum atomic E-state index is 12.7. The summed E-state index contributed by atoms with van der Waals surface area (Å²) in [5, 5.41) is 10.9. The molecule has 0 fully saturated rings. The smallest absolute Gasteiger partial charge is 0.405 e. The molecule has 8 nitrogen and oxygen atoms in total.